The molecule has 112 valence electrons. The Bertz CT molecular complexity index is 506. The van der Waals surface area contributed by atoms with Crippen molar-refractivity contribution in [2.45, 2.75) is 19.4 Å². The molecule has 0 atom stereocenters. The number of allylic oxidation sites excluding steroid dienone is 1. The van der Waals surface area contributed by atoms with Crippen molar-refractivity contribution in [1.82, 2.24) is 4.90 Å². The molecule has 5 heteroatoms. The van der Waals surface area contributed by atoms with Gasteiger partial charge in [0, 0.05) is 13.1 Å². The van der Waals surface area contributed by atoms with Crippen LogP contribution >= 0.6 is 0 Å². The van der Waals surface area contributed by atoms with Crippen LogP contribution < -0.4 is 5.73 Å². The number of carbonyl (C=O) groups is 2. The summed E-state index contributed by atoms with van der Waals surface area (Å²) in [5.74, 6) is -0.129. The van der Waals surface area contributed by atoms with E-state index in [1.807, 2.05) is 36.4 Å². The van der Waals surface area contributed by atoms with Gasteiger partial charge in [0.15, 0.2) is 0 Å². The number of carbonyl (C=O) groups excluding carboxylic acids is 2. The molecule has 0 unspecified atom stereocenters. The Labute approximate surface area is 124 Å². The second-order valence-corrected chi connectivity index (χ2v) is 5.13. The Balaban J connectivity index is 1.74. The average molecular weight is 288 g/mol. The number of amides is 2. The third-order valence-corrected chi connectivity index (χ3v) is 3.54. The molecule has 1 aliphatic heterocycles. The maximum absolute atomic E-state index is 12.0. The zero-order valence-electron chi connectivity index (χ0n) is 11.9. The van der Waals surface area contributed by atoms with Crippen LogP contribution in [-0.2, 0) is 16.1 Å². The van der Waals surface area contributed by atoms with Crippen LogP contribution in [0.25, 0.3) is 0 Å². The fraction of sp³-hybridized carbons (Fsp3) is 0.375. The molecule has 0 aliphatic carbocycles. The van der Waals surface area contributed by atoms with Gasteiger partial charge in [-0.2, -0.15) is 0 Å². The molecule has 2 rings (SSSR count). The van der Waals surface area contributed by atoms with Crippen LogP contribution in [0.1, 0.15) is 18.4 Å². The summed E-state index contributed by atoms with van der Waals surface area (Å²) in [7, 11) is 0. The Morgan fingerprint density at radius 3 is 2.52 bits per heavy atom. The van der Waals surface area contributed by atoms with Crippen LogP contribution in [0.2, 0.25) is 0 Å². The highest BCUT2D eigenvalue weighted by Gasteiger charge is 2.22. The van der Waals surface area contributed by atoms with Crippen molar-refractivity contribution in [3.63, 3.8) is 0 Å². The molecule has 0 radical (unpaired) electrons. The Morgan fingerprint density at radius 1 is 1.24 bits per heavy atom. The molecule has 0 aromatic heterocycles. The lowest BCUT2D eigenvalue weighted by Gasteiger charge is -2.29. The highest BCUT2D eigenvalue weighted by Crippen LogP contribution is 2.19. The second kappa shape index (κ2) is 7.47. The van der Waals surface area contributed by atoms with Crippen molar-refractivity contribution in [2.24, 2.45) is 11.7 Å². The molecule has 1 saturated heterocycles. The highest BCUT2D eigenvalue weighted by atomic mass is 16.6. The van der Waals surface area contributed by atoms with E-state index in [1.54, 1.807) is 4.90 Å². The van der Waals surface area contributed by atoms with Crippen LogP contribution in [0, 0.1) is 5.92 Å². The van der Waals surface area contributed by atoms with Crippen molar-refractivity contribution in [2.75, 3.05) is 13.1 Å². The van der Waals surface area contributed by atoms with Gasteiger partial charge in [0.1, 0.15) is 6.61 Å². The zero-order valence-corrected chi connectivity index (χ0v) is 11.9. The zero-order chi connectivity index (χ0) is 15.1. The van der Waals surface area contributed by atoms with Gasteiger partial charge in [-0.1, -0.05) is 36.4 Å². The second-order valence-electron chi connectivity index (χ2n) is 5.13. The predicted molar refractivity (Wildman–Crippen MR) is 79.3 cm³/mol. The topological polar surface area (TPSA) is 72.6 Å². The van der Waals surface area contributed by atoms with Gasteiger partial charge in [0.05, 0.1) is 0 Å². The Hall–Kier alpha value is -2.30. The fourth-order valence-corrected chi connectivity index (χ4v) is 2.32. The van der Waals surface area contributed by atoms with Crippen LogP contribution in [0.4, 0.5) is 4.79 Å². The molecule has 1 aromatic rings. The summed E-state index contributed by atoms with van der Waals surface area (Å²) < 4.78 is 5.30. The third-order valence-electron chi connectivity index (χ3n) is 3.54. The number of nitrogens with zero attached hydrogens (tertiary/aromatic N) is 1. The highest BCUT2D eigenvalue weighted by molar-refractivity contribution is 5.85. The minimum atomic E-state index is -0.431. The quantitative estimate of drug-likeness (QED) is 0.862. The number of benzene rings is 1. The number of rotatable bonds is 4. The van der Waals surface area contributed by atoms with Crippen molar-refractivity contribution < 1.29 is 14.3 Å². The molecule has 0 spiro atoms. The third kappa shape index (κ3) is 4.95. The molecule has 5 nitrogen and oxygen atoms in total. The molecule has 0 bridgehead atoms. The van der Waals surface area contributed by atoms with Crippen LogP contribution in [0.3, 0.4) is 0 Å². The Morgan fingerprint density at radius 2 is 1.90 bits per heavy atom. The number of primary amides is 1. The van der Waals surface area contributed by atoms with E-state index in [4.69, 9.17) is 10.5 Å². The summed E-state index contributed by atoms with van der Waals surface area (Å²) in [6, 6.07) is 9.61. The van der Waals surface area contributed by atoms with Crippen LogP contribution in [0.5, 0.6) is 0 Å². The lowest BCUT2D eigenvalue weighted by Crippen LogP contribution is -2.38. The molecule has 1 heterocycles. The van der Waals surface area contributed by atoms with E-state index in [0.717, 1.165) is 18.4 Å². The molecule has 1 aliphatic rings. The van der Waals surface area contributed by atoms with Gasteiger partial charge >= 0.3 is 6.09 Å². The summed E-state index contributed by atoms with van der Waals surface area (Å²) in [4.78, 5) is 24.3. The summed E-state index contributed by atoms with van der Waals surface area (Å²) in [5.41, 5.74) is 6.05. The van der Waals surface area contributed by atoms with E-state index in [0.29, 0.717) is 25.6 Å². The van der Waals surface area contributed by atoms with Gasteiger partial charge in [-0.3, -0.25) is 4.79 Å². The lowest BCUT2D eigenvalue weighted by atomic mass is 9.96. The predicted octanol–water partition coefficient (Wildman–Crippen LogP) is 2.08. The number of likely N-dealkylation sites (tertiary alicyclic amines) is 1. The van der Waals surface area contributed by atoms with Crippen LogP contribution in [-0.4, -0.2) is 30.0 Å². The van der Waals surface area contributed by atoms with Gasteiger partial charge in [0.2, 0.25) is 5.91 Å². The monoisotopic (exact) mass is 288 g/mol. The van der Waals surface area contributed by atoms with E-state index in [-0.39, 0.29) is 6.09 Å². The first-order chi connectivity index (χ1) is 10.1. The fourth-order valence-electron chi connectivity index (χ4n) is 2.32. The first-order valence-electron chi connectivity index (χ1n) is 7.08. The molecule has 2 N–H and O–H groups in total. The van der Waals surface area contributed by atoms with E-state index in [9.17, 15) is 9.59 Å². The summed E-state index contributed by atoms with van der Waals surface area (Å²) in [5, 5.41) is 0. The standard InChI is InChI=1S/C16H20N2O3/c17-15(19)7-6-13-8-10-18(11-9-13)16(20)21-12-14-4-2-1-3-5-14/h1-7,13H,8-12H2,(H2,17,19)/b7-6-. The van der Waals surface area contributed by atoms with Gasteiger partial charge in [-0.25, -0.2) is 4.79 Å². The van der Waals surface area contributed by atoms with Gasteiger partial charge in [0.25, 0.3) is 0 Å². The summed E-state index contributed by atoms with van der Waals surface area (Å²) in [6.07, 6.45) is 4.59. The maximum Gasteiger partial charge on any atom is 0.410 e. The smallest absolute Gasteiger partial charge is 0.410 e. The lowest BCUT2D eigenvalue weighted by molar-refractivity contribution is -0.113. The molecule has 1 fully saturated rings. The van der Waals surface area contributed by atoms with Crippen molar-refractivity contribution in [1.29, 1.82) is 0 Å². The van der Waals surface area contributed by atoms with E-state index in [1.165, 1.54) is 6.08 Å². The van der Waals surface area contributed by atoms with Gasteiger partial charge in [-0.05, 0) is 30.4 Å². The van der Waals surface area contributed by atoms with Crippen molar-refractivity contribution in [3.05, 3.63) is 48.0 Å². The SMILES string of the molecule is NC(=O)/C=C\C1CCN(C(=O)OCc2ccccc2)CC1. The largest absolute Gasteiger partial charge is 0.445 e. The van der Waals surface area contributed by atoms with Crippen molar-refractivity contribution >= 4 is 12.0 Å². The average Bonchev–Trinajstić information content (AvgIpc) is 2.52. The first kappa shape index (κ1) is 15.1. The minimum Gasteiger partial charge on any atom is -0.445 e. The molecule has 2 amide bonds. The van der Waals surface area contributed by atoms with Crippen molar-refractivity contribution in [3.8, 4) is 0 Å². The number of nitrogens with two attached hydrogens (primary N) is 1. The molecule has 21 heavy (non-hydrogen) atoms. The van der Waals surface area contributed by atoms with Crippen LogP contribution in [0.15, 0.2) is 42.5 Å². The number of piperidine rings is 1. The molecule has 1 aromatic carbocycles. The number of ether oxygens (including phenoxy) is 1. The first-order valence-corrected chi connectivity index (χ1v) is 7.08. The normalized spacial score (nSPS) is 16.1. The number of hydrogen-bond acceptors (Lipinski definition) is 3. The van der Waals surface area contributed by atoms with Gasteiger partial charge in [-0.15, -0.1) is 0 Å². The summed E-state index contributed by atoms with van der Waals surface area (Å²) >= 11 is 0. The minimum absolute atomic E-state index is 0.281. The maximum atomic E-state index is 12.0. The summed E-state index contributed by atoms with van der Waals surface area (Å²) in [6.45, 7) is 1.57. The molecule has 0 saturated carbocycles. The van der Waals surface area contributed by atoms with E-state index >= 15 is 0 Å². The molecular weight excluding hydrogens is 268 g/mol. The van der Waals surface area contributed by atoms with E-state index < -0.39 is 5.91 Å². The Kier molecular flexibility index (Phi) is 5.37. The van der Waals surface area contributed by atoms with Gasteiger partial charge < -0.3 is 15.4 Å². The number of hydrogen-bond donors (Lipinski definition) is 1. The molecular formula is C16H20N2O3. The van der Waals surface area contributed by atoms with E-state index in [2.05, 4.69) is 0 Å².